The number of halogens is 2. The van der Waals surface area contributed by atoms with E-state index in [1.54, 1.807) is 42.3 Å². The summed E-state index contributed by atoms with van der Waals surface area (Å²) < 4.78 is 35.9. The Bertz CT molecular complexity index is 1510. The maximum atomic E-state index is 14.4. The number of fused-ring (bicyclic) bond motifs is 3. The van der Waals surface area contributed by atoms with Crippen LogP contribution in [0.2, 0.25) is 0 Å². The Morgan fingerprint density at radius 1 is 1.12 bits per heavy atom. The van der Waals surface area contributed by atoms with Gasteiger partial charge in [-0.2, -0.15) is 0 Å². The van der Waals surface area contributed by atoms with Crippen LogP contribution in [0.1, 0.15) is 22.9 Å². The Labute approximate surface area is 186 Å². The van der Waals surface area contributed by atoms with Gasteiger partial charge >= 0.3 is 0 Å². The molecule has 2 N–H and O–H groups in total. The van der Waals surface area contributed by atoms with Crippen LogP contribution in [0.4, 0.5) is 8.78 Å². The quantitative estimate of drug-likeness (QED) is 0.383. The van der Waals surface area contributed by atoms with Crippen LogP contribution in [-0.2, 0) is 4.79 Å². The van der Waals surface area contributed by atoms with Crippen LogP contribution in [0.5, 0.6) is 0 Å². The van der Waals surface area contributed by atoms with Crippen molar-refractivity contribution in [2.24, 2.45) is 0 Å². The van der Waals surface area contributed by atoms with Gasteiger partial charge in [-0.25, -0.2) is 28.4 Å². The molecule has 0 fully saturated rings. The van der Waals surface area contributed by atoms with Crippen molar-refractivity contribution in [1.82, 2.24) is 24.9 Å². The number of benzene rings is 2. The maximum absolute atomic E-state index is 14.4. The molecule has 0 aliphatic carbocycles. The first-order chi connectivity index (χ1) is 16.0. The molecule has 5 rings (SSSR count). The molecule has 0 radical (unpaired) electrons. The van der Waals surface area contributed by atoms with E-state index in [0.717, 1.165) is 23.7 Å². The topological polar surface area (TPSA) is 97.9 Å². The second-order valence-corrected chi connectivity index (χ2v) is 7.41. The molecule has 3 heterocycles. The number of nitrogens with zero attached hydrogens (tertiary/aromatic N) is 4. The van der Waals surface area contributed by atoms with Gasteiger partial charge in [0, 0.05) is 18.2 Å². The molecule has 8 nitrogen and oxygen atoms in total. The number of nitrogens with one attached hydrogen (secondary N) is 2. The third-order valence-electron chi connectivity index (χ3n) is 5.42. The Balaban J connectivity index is 1.64. The summed E-state index contributed by atoms with van der Waals surface area (Å²) in [5, 5.41) is 2.56. The van der Waals surface area contributed by atoms with Crippen LogP contribution in [0, 0.1) is 18.6 Å². The Kier molecular flexibility index (Phi) is 4.97. The van der Waals surface area contributed by atoms with Gasteiger partial charge < -0.3 is 15.2 Å². The third kappa shape index (κ3) is 3.45. The molecule has 0 spiro atoms. The van der Waals surface area contributed by atoms with E-state index >= 15 is 0 Å². The number of aryl methyl sites for hydroxylation is 1. The summed E-state index contributed by atoms with van der Waals surface area (Å²) in [5.41, 5.74) is 7.14. The molecule has 1 unspecified atom stereocenters. The molecule has 0 saturated carbocycles. The standard InChI is InChI=1S/C23H18F2N6O2/c1-12-18-21(31(26-2)10-27-18)20-23(29-12)33-22(30-20)14-5-3-4-13(8-14)19(28-11-32)16-9-15(24)6-7-17(16)25/h3-11,19,26H,1-2H3,(H,28,32). The zero-order chi connectivity index (χ0) is 23.1. The second-order valence-electron chi connectivity index (χ2n) is 7.41. The van der Waals surface area contributed by atoms with E-state index in [9.17, 15) is 13.6 Å². The van der Waals surface area contributed by atoms with Gasteiger partial charge in [-0.1, -0.05) is 12.1 Å². The van der Waals surface area contributed by atoms with Gasteiger partial charge in [-0.3, -0.25) is 4.79 Å². The van der Waals surface area contributed by atoms with Crippen molar-refractivity contribution in [2.75, 3.05) is 12.5 Å². The zero-order valence-corrected chi connectivity index (χ0v) is 17.6. The fourth-order valence-corrected chi connectivity index (χ4v) is 3.90. The number of oxazole rings is 1. The molecule has 0 aliphatic rings. The smallest absolute Gasteiger partial charge is 0.250 e. The number of carbonyl (C=O) groups excluding carboxylic acids is 1. The number of hydrogen-bond acceptors (Lipinski definition) is 6. The Hall–Kier alpha value is -4.34. The summed E-state index contributed by atoms with van der Waals surface area (Å²) in [4.78, 5) is 24.7. The summed E-state index contributed by atoms with van der Waals surface area (Å²) >= 11 is 0. The molecule has 2 aromatic carbocycles. The van der Waals surface area contributed by atoms with Crippen LogP contribution < -0.4 is 10.7 Å². The first-order valence-electron chi connectivity index (χ1n) is 10.1. The third-order valence-corrected chi connectivity index (χ3v) is 5.42. The summed E-state index contributed by atoms with van der Waals surface area (Å²) in [6.45, 7) is 1.83. The first-order valence-corrected chi connectivity index (χ1v) is 10.1. The van der Waals surface area contributed by atoms with Crippen molar-refractivity contribution < 1.29 is 18.0 Å². The van der Waals surface area contributed by atoms with Crippen molar-refractivity contribution in [2.45, 2.75) is 13.0 Å². The summed E-state index contributed by atoms with van der Waals surface area (Å²) in [5.74, 6) is -0.948. The van der Waals surface area contributed by atoms with Gasteiger partial charge in [-0.15, -0.1) is 0 Å². The number of hydrogen-bond donors (Lipinski definition) is 2. The SMILES string of the molecule is CNn1cnc2c(C)nc3oc(-c4cccc(C(NC=O)c5cc(F)ccc5F)c4)nc3c21. The highest BCUT2D eigenvalue weighted by atomic mass is 19.1. The average molecular weight is 448 g/mol. The van der Waals surface area contributed by atoms with Crippen LogP contribution in [0.15, 0.2) is 53.2 Å². The van der Waals surface area contributed by atoms with Crippen LogP contribution in [-0.4, -0.2) is 33.1 Å². The maximum Gasteiger partial charge on any atom is 0.250 e. The lowest BCUT2D eigenvalue weighted by atomic mass is 9.96. The molecule has 1 atom stereocenters. The average Bonchev–Trinajstić information content (AvgIpc) is 3.44. The zero-order valence-electron chi connectivity index (χ0n) is 17.6. The predicted octanol–water partition coefficient (Wildman–Crippen LogP) is 3.83. The highest BCUT2D eigenvalue weighted by Crippen LogP contribution is 2.32. The lowest BCUT2D eigenvalue weighted by Crippen LogP contribution is -2.22. The molecule has 1 amide bonds. The van der Waals surface area contributed by atoms with E-state index in [-0.39, 0.29) is 5.56 Å². The first kappa shape index (κ1) is 20.6. The molecule has 0 bridgehead atoms. The van der Waals surface area contributed by atoms with Crippen LogP contribution >= 0.6 is 0 Å². The van der Waals surface area contributed by atoms with Gasteiger partial charge in [-0.05, 0) is 42.8 Å². The van der Waals surface area contributed by atoms with Crippen LogP contribution in [0.3, 0.4) is 0 Å². The van der Waals surface area contributed by atoms with Crippen molar-refractivity contribution in [3.8, 4) is 11.5 Å². The number of aromatic nitrogens is 4. The summed E-state index contributed by atoms with van der Waals surface area (Å²) in [6.07, 6.45) is 2.08. The molecule has 33 heavy (non-hydrogen) atoms. The molecule has 3 aromatic heterocycles. The molecular weight excluding hydrogens is 430 g/mol. The van der Waals surface area contributed by atoms with Gasteiger partial charge in [0.25, 0.3) is 0 Å². The number of imidazole rings is 1. The van der Waals surface area contributed by atoms with E-state index in [4.69, 9.17) is 4.42 Å². The largest absolute Gasteiger partial charge is 0.418 e. The van der Waals surface area contributed by atoms with Crippen LogP contribution in [0.25, 0.3) is 33.7 Å². The highest BCUT2D eigenvalue weighted by molar-refractivity contribution is 5.99. The molecule has 0 aliphatic heterocycles. The van der Waals surface area contributed by atoms with Crippen molar-refractivity contribution >= 4 is 28.7 Å². The molecule has 5 aromatic rings. The predicted molar refractivity (Wildman–Crippen MR) is 118 cm³/mol. The number of amides is 1. The van der Waals surface area contributed by atoms with Gasteiger partial charge in [0.1, 0.15) is 29.0 Å². The van der Waals surface area contributed by atoms with E-state index in [1.165, 1.54) is 0 Å². The van der Waals surface area contributed by atoms with Gasteiger partial charge in [0.05, 0.1) is 11.7 Å². The monoisotopic (exact) mass is 448 g/mol. The fraction of sp³-hybridized carbons (Fsp3) is 0.130. The number of carbonyl (C=O) groups is 1. The molecular formula is C23H18F2N6O2. The lowest BCUT2D eigenvalue weighted by molar-refractivity contribution is -0.110. The van der Waals surface area contributed by atoms with Crippen molar-refractivity contribution in [3.05, 3.63) is 77.2 Å². The van der Waals surface area contributed by atoms with Gasteiger partial charge in [0.15, 0.2) is 5.52 Å². The van der Waals surface area contributed by atoms with Crippen molar-refractivity contribution in [3.63, 3.8) is 0 Å². The molecule has 0 saturated heterocycles. The summed E-state index contributed by atoms with van der Waals surface area (Å²) in [6, 6.07) is 9.11. The normalized spacial score (nSPS) is 12.2. The summed E-state index contributed by atoms with van der Waals surface area (Å²) in [7, 11) is 1.76. The molecule has 10 heteroatoms. The minimum Gasteiger partial charge on any atom is -0.418 e. The Morgan fingerprint density at radius 2 is 1.97 bits per heavy atom. The van der Waals surface area contributed by atoms with E-state index in [2.05, 4.69) is 25.7 Å². The minimum absolute atomic E-state index is 0.00809. The van der Waals surface area contributed by atoms with Gasteiger partial charge in [0.2, 0.25) is 18.0 Å². The fourth-order valence-electron chi connectivity index (χ4n) is 3.90. The number of pyridine rings is 1. The van der Waals surface area contributed by atoms with E-state index in [1.807, 2.05) is 6.92 Å². The minimum atomic E-state index is -0.902. The van der Waals surface area contributed by atoms with Crippen molar-refractivity contribution in [1.29, 1.82) is 0 Å². The second kappa shape index (κ2) is 7.97. The highest BCUT2D eigenvalue weighted by Gasteiger charge is 2.21. The van der Waals surface area contributed by atoms with E-state index in [0.29, 0.717) is 45.9 Å². The Morgan fingerprint density at radius 3 is 2.76 bits per heavy atom. The van der Waals surface area contributed by atoms with E-state index < -0.39 is 17.7 Å². The lowest BCUT2D eigenvalue weighted by Gasteiger charge is -2.18. The number of rotatable bonds is 6. The molecule has 166 valence electrons.